The maximum atomic E-state index is 12.1. The topological polar surface area (TPSA) is 66.0 Å². The van der Waals surface area contributed by atoms with Gasteiger partial charge in [-0.1, -0.05) is 44.2 Å². The van der Waals surface area contributed by atoms with E-state index in [0.717, 1.165) is 12.0 Å². The summed E-state index contributed by atoms with van der Waals surface area (Å²) in [4.78, 5) is 16.1. The van der Waals surface area contributed by atoms with Gasteiger partial charge < -0.3 is 16.0 Å². The Balaban J connectivity index is 1.82. The predicted molar refractivity (Wildman–Crippen MR) is 106 cm³/mol. The molecule has 5 nitrogen and oxygen atoms in total. The monoisotopic (exact) mass is 354 g/mol. The third-order valence-corrected chi connectivity index (χ3v) is 4.25. The number of hydrogen-bond acceptors (Lipinski definition) is 3. The van der Waals surface area contributed by atoms with Crippen molar-refractivity contribution in [3.05, 3.63) is 66.0 Å². The molecule has 5 heteroatoms. The number of urea groups is 1. The largest absolute Gasteiger partial charge is 0.337 e. The summed E-state index contributed by atoms with van der Waals surface area (Å²) < 4.78 is 0. The molecule has 1 aromatic carbocycles. The number of carbonyl (C=O) groups is 1. The summed E-state index contributed by atoms with van der Waals surface area (Å²) in [5.41, 5.74) is 2.29. The minimum absolute atomic E-state index is 0.148. The van der Waals surface area contributed by atoms with E-state index < -0.39 is 0 Å². The van der Waals surface area contributed by atoms with Gasteiger partial charge in [0, 0.05) is 37.6 Å². The van der Waals surface area contributed by atoms with E-state index in [0.29, 0.717) is 19.0 Å². The average Bonchev–Trinajstić information content (AvgIpc) is 2.65. The summed E-state index contributed by atoms with van der Waals surface area (Å²) in [5, 5.41) is 9.52. The van der Waals surface area contributed by atoms with Gasteiger partial charge in [-0.15, -0.1) is 0 Å². The number of aromatic nitrogens is 1. The number of amides is 2. The smallest absolute Gasteiger partial charge is 0.315 e. The van der Waals surface area contributed by atoms with Gasteiger partial charge in [0.15, 0.2) is 0 Å². The molecule has 1 aromatic heterocycles. The fraction of sp³-hybridized carbons (Fsp3) is 0.429. The number of nitrogens with one attached hydrogen (secondary N) is 3. The molecule has 140 valence electrons. The van der Waals surface area contributed by atoms with Crippen LogP contribution in [0.5, 0.6) is 0 Å². The van der Waals surface area contributed by atoms with Crippen LogP contribution in [0.25, 0.3) is 0 Å². The lowest BCUT2D eigenvalue weighted by molar-refractivity contribution is 0.237. The fourth-order valence-electron chi connectivity index (χ4n) is 2.93. The van der Waals surface area contributed by atoms with Crippen LogP contribution in [0, 0.1) is 5.92 Å². The first kappa shape index (κ1) is 19.9. The molecule has 3 N–H and O–H groups in total. The van der Waals surface area contributed by atoms with E-state index in [9.17, 15) is 4.79 Å². The Kier molecular flexibility index (Phi) is 8.09. The predicted octanol–water partition coefficient (Wildman–Crippen LogP) is 3.65. The molecule has 26 heavy (non-hydrogen) atoms. The zero-order valence-corrected chi connectivity index (χ0v) is 15.9. The molecule has 0 aliphatic heterocycles. The lowest BCUT2D eigenvalue weighted by Gasteiger charge is -2.25. The van der Waals surface area contributed by atoms with Gasteiger partial charge in [-0.3, -0.25) is 4.98 Å². The molecule has 1 heterocycles. The first-order valence-electron chi connectivity index (χ1n) is 9.26. The Morgan fingerprint density at radius 2 is 1.69 bits per heavy atom. The van der Waals surface area contributed by atoms with E-state index >= 15 is 0 Å². The molecule has 2 aromatic rings. The number of hydrogen-bond donors (Lipinski definition) is 3. The summed E-state index contributed by atoms with van der Waals surface area (Å²) in [6.07, 6.45) is 4.45. The molecular formula is C21H30N4O. The molecule has 0 saturated heterocycles. The minimum atomic E-state index is -0.148. The van der Waals surface area contributed by atoms with Crippen LogP contribution in [-0.4, -0.2) is 23.6 Å². The molecule has 0 radical (unpaired) electrons. The second kappa shape index (κ2) is 10.6. The van der Waals surface area contributed by atoms with E-state index in [1.54, 1.807) is 12.4 Å². The molecule has 2 amide bonds. The van der Waals surface area contributed by atoms with E-state index in [1.165, 1.54) is 5.56 Å². The van der Waals surface area contributed by atoms with Crippen molar-refractivity contribution in [2.45, 2.75) is 45.8 Å². The van der Waals surface area contributed by atoms with E-state index in [-0.39, 0.29) is 18.1 Å². The number of carbonyl (C=O) groups excluding carboxylic acids is 1. The molecule has 0 unspecified atom stereocenters. The van der Waals surface area contributed by atoms with Crippen molar-refractivity contribution in [3.63, 3.8) is 0 Å². The Morgan fingerprint density at radius 3 is 2.35 bits per heavy atom. The molecule has 2 atom stereocenters. The van der Waals surface area contributed by atoms with Gasteiger partial charge in [-0.05, 0) is 42.5 Å². The van der Waals surface area contributed by atoms with Crippen molar-refractivity contribution in [2.75, 3.05) is 6.54 Å². The van der Waals surface area contributed by atoms with E-state index in [1.807, 2.05) is 18.2 Å². The Bertz CT molecular complexity index is 646. The van der Waals surface area contributed by atoms with E-state index in [4.69, 9.17) is 0 Å². The molecule has 2 rings (SSSR count). The molecule has 0 aliphatic rings. The summed E-state index contributed by atoms with van der Waals surface area (Å²) in [7, 11) is 0. The molecule has 0 spiro atoms. The maximum Gasteiger partial charge on any atom is 0.315 e. The van der Waals surface area contributed by atoms with Crippen LogP contribution in [0.15, 0.2) is 54.9 Å². The Morgan fingerprint density at radius 1 is 1.00 bits per heavy atom. The van der Waals surface area contributed by atoms with Gasteiger partial charge in [-0.25, -0.2) is 4.79 Å². The van der Waals surface area contributed by atoms with Crippen LogP contribution in [0.4, 0.5) is 4.79 Å². The average molecular weight is 354 g/mol. The zero-order chi connectivity index (χ0) is 18.8. The fourth-order valence-corrected chi connectivity index (χ4v) is 2.93. The van der Waals surface area contributed by atoms with Crippen LogP contribution in [0.2, 0.25) is 0 Å². The highest BCUT2D eigenvalue weighted by molar-refractivity contribution is 5.73. The summed E-state index contributed by atoms with van der Waals surface area (Å²) in [6, 6.07) is 14.5. The third-order valence-electron chi connectivity index (χ3n) is 4.25. The van der Waals surface area contributed by atoms with Crippen molar-refractivity contribution in [1.29, 1.82) is 0 Å². The second-order valence-electron chi connectivity index (χ2n) is 7.04. The van der Waals surface area contributed by atoms with Crippen molar-refractivity contribution in [2.24, 2.45) is 5.92 Å². The number of benzene rings is 1. The van der Waals surface area contributed by atoms with Crippen molar-refractivity contribution in [1.82, 2.24) is 20.9 Å². The second-order valence-corrected chi connectivity index (χ2v) is 7.04. The van der Waals surface area contributed by atoms with Crippen LogP contribution >= 0.6 is 0 Å². The lowest BCUT2D eigenvalue weighted by Crippen LogP contribution is -2.45. The quantitative estimate of drug-likeness (QED) is 0.644. The Labute approximate surface area is 156 Å². The first-order chi connectivity index (χ1) is 12.5. The van der Waals surface area contributed by atoms with E-state index in [2.05, 4.69) is 66.0 Å². The summed E-state index contributed by atoms with van der Waals surface area (Å²) in [5.74, 6) is 0.553. The van der Waals surface area contributed by atoms with Crippen LogP contribution in [0.3, 0.4) is 0 Å². The van der Waals surface area contributed by atoms with Crippen molar-refractivity contribution >= 4 is 6.03 Å². The standard InChI is InChI=1S/C21H30N4O/c1-16(2)13-20(25-17(3)19-7-5-4-6-8-19)15-24-21(26)23-14-18-9-11-22-12-10-18/h4-12,16-17,20,25H,13-15H2,1-3H3,(H2,23,24,26)/t17-,20-/m0/s1. The number of pyridine rings is 1. The lowest BCUT2D eigenvalue weighted by atomic mass is 10.0. The minimum Gasteiger partial charge on any atom is -0.337 e. The summed E-state index contributed by atoms with van der Waals surface area (Å²) in [6.45, 7) is 7.65. The first-order valence-corrected chi connectivity index (χ1v) is 9.26. The van der Waals surface area contributed by atoms with Gasteiger partial charge in [0.05, 0.1) is 0 Å². The van der Waals surface area contributed by atoms with Crippen LogP contribution in [0.1, 0.15) is 44.4 Å². The van der Waals surface area contributed by atoms with Gasteiger partial charge in [0.2, 0.25) is 0 Å². The Hall–Kier alpha value is -2.40. The maximum absolute atomic E-state index is 12.1. The highest BCUT2D eigenvalue weighted by Gasteiger charge is 2.16. The molecular weight excluding hydrogens is 324 g/mol. The highest BCUT2D eigenvalue weighted by Crippen LogP contribution is 2.14. The summed E-state index contributed by atoms with van der Waals surface area (Å²) >= 11 is 0. The third kappa shape index (κ3) is 7.23. The number of rotatable bonds is 9. The molecule has 0 fully saturated rings. The SMILES string of the molecule is CC(C)C[C@@H](CNC(=O)NCc1ccncc1)N[C@@H](C)c1ccccc1. The number of nitrogens with zero attached hydrogens (tertiary/aromatic N) is 1. The highest BCUT2D eigenvalue weighted by atomic mass is 16.2. The molecule has 0 bridgehead atoms. The van der Waals surface area contributed by atoms with Gasteiger partial charge in [-0.2, -0.15) is 0 Å². The normalized spacial score (nSPS) is 13.2. The van der Waals surface area contributed by atoms with Crippen LogP contribution in [-0.2, 0) is 6.54 Å². The van der Waals surface area contributed by atoms with Gasteiger partial charge in [0.25, 0.3) is 0 Å². The molecule has 0 aliphatic carbocycles. The van der Waals surface area contributed by atoms with Crippen LogP contribution < -0.4 is 16.0 Å². The van der Waals surface area contributed by atoms with Gasteiger partial charge in [0.1, 0.15) is 0 Å². The van der Waals surface area contributed by atoms with Gasteiger partial charge >= 0.3 is 6.03 Å². The van der Waals surface area contributed by atoms with Crippen molar-refractivity contribution < 1.29 is 4.79 Å². The van der Waals surface area contributed by atoms with Crippen molar-refractivity contribution in [3.8, 4) is 0 Å². The molecule has 0 saturated carbocycles. The zero-order valence-electron chi connectivity index (χ0n) is 15.9.